The Morgan fingerprint density at radius 2 is 1.86 bits per heavy atom. The number of nitrogens with one attached hydrogen (secondary N) is 1. The molecule has 1 N–H and O–H groups in total. The van der Waals surface area contributed by atoms with Crippen molar-refractivity contribution in [3.63, 3.8) is 0 Å². The first-order chi connectivity index (χ1) is 13.0. The molecule has 2 saturated heterocycles. The van der Waals surface area contributed by atoms with E-state index in [1.165, 1.54) is 12.5 Å². The lowest BCUT2D eigenvalue weighted by Gasteiger charge is -2.43. The first kappa shape index (κ1) is 21.1. The summed E-state index contributed by atoms with van der Waals surface area (Å²) in [7, 11) is 0. The van der Waals surface area contributed by atoms with Crippen LogP contribution in [0.5, 0.6) is 0 Å². The fraction of sp³-hybridized carbons (Fsp3) is 0.619. The molecule has 2 amide bonds. The fourth-order valence-corrected chi connectivity index (χ4v) is 5.00. The Hall–Kier alpha value is -1.66. The number of nitrogens with zero attached hydrogens (tertiary/aromatic N) is 2. The Morgan fingerprint density at radius 3 is 2.57 bits per heavy atom. The van der Waals surface area contributed by atoms with E-state index in [1.807, 2.05) is 4.90 Å². The fourth-order valence-electron chi connectivity index (χ4n) is 5.00. The average Bonchev–Trinajstić information content (AvgIpc) is 3.14. The highest BCUT2D eigenvalue weighted by atomic mass is 35.5. The van der Waals surface area contributed by atoms with E-state index in [-0.39, 0.29) is 35.5 Å². The molecule has 2 heterocycles. The second-order valence-electron chi connectivity index (χ2n) is 8.28. The quantitative estimate of drug-likeness (QED) is 0.816. The van der Waals surface area contributed by atoms with E-state index in [9.17, 15) is 14.0 Å². The van der Waals surface area contributed by atoms with Crippen LogP contribution in [0.1, 0.15) is 41.6 Å². The van der Waals surface area contributed by atoms with Crippen LogP contribution in [0.3, 0.4) is 0 Å². The molecule has 28 heavy (non-hydrogen) atoms. The van der Waals surface area contributed by atoms with Gasteiger partial charge in [0.25, 0.3) is 5.91 Å². The van der Waals surface area contributed by atoms with Crippen LogP contribution in [0.15, 0.2) is 18.2 Å². The molecule has 2 atom stereocenters. The lowest BCUT2D eigenvalue weighted by molar-refractivity contribution is -0.146. The van der Waals surface area contributed by atoms with Gasteiger partial charge < -0.3 is 15.1 Å². The van der Waals surface area contributed by atoms with Gasteiger partial charge in [-0.3, -0.25) is 9.59 Å². The van der Waals surface area contributed by atoms with Gasteiger partial charge in [-0.1, -0.05) is 18.9 Å². The van der Waals surface area contributed by atoms with Gasteiger partial charge in [0.05, 0.1) is 5.41 Å². The number of rotatable bonds is 2. The van der Waals surface area contributed by atoms with Crippen LogP contribution in [-0.2, 0) is 4.79 Å². The Labute approximate surface area is 172 Å². The molecule has 1 aromatic carbocycles. The molecule has 154 valence electrons. The van der Waals surface area contributed by atoms with Gasteiger partial charge in [-0.05, 0) is 49.9 Å². The molecule has 1 aromatic rings. The largest absolute Gasteiger partial charge is 0.339 e. The highest BCUT2D eigenvalue weighted by Gasteiger charge is 2.51. The normalized spacial score (nSPS) is 27.1. The number of hydrogen-bond donors (Lipinski definition) is 1. The maximum atomic E-state index is 13.8. The standard InChI is InChI=1S/C21H28FN3O2.ClH/c1-15-5-6-16(12-18(15)22)19(26)24-8-10-25(11-9-24)20(27)21-7-3-2-4-17(21)13-23-14-21;/h5-6,12,17,23H,2-4,7-11,13-14H2,1H3;1H/t17-,21+;/m0./s1. The smallest absolute Gasteiger partial charge is 0.254 e. The summed E-state index contributed by atoms with van der Waals surface area (Å²) in [5, 5.41) is 3.44. The van der Waals surface area contributed by atoms with Crippen molar-refractivity contribution in [2.75, 3.05) is 39.3 Å². The van der Waals surface area contributed by atoms with Gasteiger partial charge in [0.1, 0.15) is 5.82 Å². The lowest BCUT2D eigenvalue weighted by Crippen LogP contribution is -2.56. The average molecular weight is 410 g/mol. The molecule has 7 heteroatoms. The van der Waals surface area contributed by atoms with Crippen molar-refractivity contribution in [1.29, 1.82) is 0 Å². The van der Waals surface area contributed by atoms with Crippen molar-refractivity contribution in [2.45, 2.75) is 32.6 Å². The number of fused-ring (bicyclic) bond motifs is 1. The van der Waals surface area contributed by atoms with E-state index in [1.54, 1.807) is 24.0 Å². The number of carbonyl (C=O) groups excluding carboxylic acids is 2. The Balaban J connectivity index is 0.00000225. The minimum Gasteiger partial charge on any atom is -0.339 e. The Morgan fingerprint density at radius 1 is 1.14 bits per heavy atom. The Kier molecular flexibility index (Phi) is 6.30. The predicted molar refractivity (Wildman–Crippen MR) is 108 cm³/mol. The second-order valence-corrected chi connectivity index (χ2v) is 8.28. The van der Waals surface area contributed by atoms with Gasteiger partial charge in [-0.15, -0.1) is 12.4 Å². The summed E-state index contributed by atoms with van der Waals surface area (Å²) in [6.07, 6.45) is 4.46. The van der Waals surface area contributed by atoms with Crippen LogP contribution in [0.25, 0.3) is 0 Å². The topological polar surface area (TPSA) is 52.7 Å². The summed E-state index contributed by atoms with van der Waals surface area (Å²) < 4.78 is 13.8. The van der Waals surface area contributed by atoms with Crippen LogP contribution >= 0.6 is 12.4 Å². The molecule has 1 aliphatic carbocycles. The third-order valence-corrected chi connectivity index (χ3v) is 6.74. The van der Waals surface area contributed by atoms with Crippen molar-refractivity contribution >= 4 is 24.2 Å². The highest BCUT2D eigenvalue weighted by molar-refractivity contribution is 5.94. The molecule has 0 radical (unpaired) electrons. The minimum atomic E-state index is -0.356. The van der Waals surface area contributed by atoms with E-state index in [0.29, 0.717) is 43.2 Å². The molecule has 0 unspecified atom stereocenters. The number of aryl methyl sites for hydroxylation is 1. The third kappa shape index (κ3) is 3.64. The highest BCUT2D eigenvalue weighted by Crippen LogP contribution is 2.45. The van der Waals surface area contributed by atoms with E-state index >= 15 is 0 Å². The van der Waals surface area contributed by atoms with E-state index in [4.69, 9.17) is 0 Å². The predicted octanol–water partition coefficient (Wildman–Crippen LogP) is 2.62. The summed E-state index contributed by atoms with van der Waals surface area (Å²) in [6.45, 7) is 5.56. The van der Waals surface area contributed by atoms with Crippen molar-refractivity contribution in [1.82, 2.24) is 15.1 Å². The summed E-state index contributed by atoms with van der Waals surface area (Å²) in [5.41, 5.74) is 0.682. The first-order valence-corrected chi connectivity index (χ1v) is 10.1. The molecular weight excluding hydrogens is 381 g/mol. The van der Waals surface area contributed by atoms with Crippen molar-refractivity contribution in [3.8, 4) is 0 Å². The lowest BCUT2D eigenvalue weighted by atomic mass is 9.67. The molecule has 1 saturated carbocycles. The number of benzene rings is 1. The van der Waals surface area contributed by atoms with Crippen LogP contribution < -0.4 is 5.32 Å². The zero-order valence-corrected chi connectivity index (χ0v) is 17.2. The van der Waals surface area contributed by atoms with E-state index < -0.39 is 0 Å². The Bertz CT molecular complexity index is 751. The number of carbonyl (C=O) groups is 2. The molecule has 5 nitrogen and oxygen atoms in total. The van der Waals surface area contributed by atoms with Crippen molar-refractivity contribution in [3.05, 3.63) is 35.1 Å². The van der Waals surface area contributed by atoms with Gasteiger partial charge >= 0.3 is 0 Å². The number of halogens is 2. The molecule has 2 aliphatic heterocycles. The first-order valence-electron chi connectivity index (χ1n) is 10.1. The summed E-state index contributed by atoms with van der Waals surface area (Å²) >= 11 is 0. The molecule has 0 spiro atoms. The molecule has 3 fully saturated rings. The number of hydrogen-bond acceptors (Lipinski definition) is 3. The molecule has 0 bridgehead atoms. The molecular formula is C21H29ClFN3O2. The third-order valence-electron chi connectivity index (χ3n) is 6.74. The van der Waals surface area contributed by atoms with Gasteiger partial charge in [0.15, 0.2) is 0 Å². The zero-order chi connectivity index (χ0) is 19.0. The van der Waals surface area contributed by atoms with Gasteiger partial charge in [-0.2, -0.15) is 0 Å². The number of piperazine rings is 1. The maximum Gasteiger partial charge on any atom is 0.254 e. The summed E-state index contributed by atoms with van der Waals surface area (Å²) in [4.78, 5) is 29.7. The van der Waals surface area contributed by atoms with Crippen molar-refractivity contribution < 1.29 is 14.0 Å². The van der Waals surface area contributed by atoms with Gasteiger partial charge in [-0.25, -0.2) is 4.39 Å². The maximum absolute atomic E-state index is 13.8. The van der Waals surface area contributed by atoms with Crippen molar-refractivity contribution in [2.24, 2.45) is 11.3 Å². The minimum absolute atomic E-state index is 0. The number of amides is 2. The SMILES string of the molecule is Cc1ccc(C(=O)N2CCN(C(=O)[C@@]34CCCC[C@H]3CNC4)CC2)cc1F.Cl. The molecule has 4 rings (SSSR count). The summed E-state index contributed by atoms with van der Waals surface area (Å²) in [5.74, 6) is 0.211. The van der Waals surface area contributed by atoms with E-state index in [0.717, 1.165) is 32.4 Å². The van der Waals surface area contributed by atoms with E-state index in [2.05, 4.69) is 5.32 Å². The zero-order valence-electron chi connectivity index (χ0n) is 16.4. The van der Waals surface area contributed by atoms with Crippen LogP contribution in [0.4, 0.5) is 4.39 Å². The second kappa shape index (κ2) is 8.37. The van der Waals surface area contributed by atoms with Crippen LogP contribution in [0.2, 0.25) is 0 Å². The molecule has 0 aromatic heterocycles. The molecule has 3 aliphatic rings. The van der Waals surface area contributed by atoms with Crippen LogP contribution in [0, 0.1) is 24.1 Å². The van der Waals surface area contributed by atoms with Gasteiger partial charge in [0, 0.05) is 38.3 Å². The monoisotopic (exact) mass is 409 g/mol. The summed E-state index contributed by atoms with van der Waals surface area (Å²) in [6, 6.07) is 4.62. The van der Waals surface area contributed by atoms with Crippen LogP contribution in [-0.4, -0.2) is 60.9 Å². The van der Waals surface area contributed by atoms with Gasteiger partial charge in [0.2, 0.25) is 5.91 Å².